The summed E-state index contributed by atoms with van der Waals surface area (Å²) in [5.41, 5.74) is 5.68. The van der Waals surface area contributed by atoms with E-state index in [4.69, 9.17) is 4.74 Å². The van der Waals surface area contributed by atoms with Gasteiger partial charge in [-0.25, -0.2) is 0 Å². The van der Waals surface area contributed by atoms with Crippen molar-refractivity contribution in [2.24, 2.45) is 0 Å². The van der Waals surface area contributed by atoms with E-state index in [1.165, 1.54) is 11.1 Å². The zero-order valence-electron chi connectivity index (χ0n) is 19.2. The minimum atomic E-state index is -0.0192. The number of aryl methyl sites for hydroxylation is 4. The van der Waals surface area contributed by atoms with E-state index in [9.17, 15) is 9.59 Å². The molecule has 2 aromatic rings. The lowest BCUT2D eigenvalue weighted by atomic mass is 10.1. The predicted molar refractivity (Wildman–Crippen MR) is 123 cm³/mol. The summed E-state index contributed by atoms with van der Waals surface area (Å²) in [5.74, 6) is 0.947. The summed E-state index contributed by atoms with van der Waals surface area (Å²) in [4.78, 5) is 29.2. The molecule has 0 unspecified atom stereocenters. The molecule has 0 saturated carbocycles. The first-order valence-corrected chi connectivity index (χ1v) is 11.2. The SMILES string of the molecule is Cc1ccc(CCC(=O)N2CCCN(C(=O)COc3c(C)ccc(C)c3C)CC2)cc1. The monoisotopic (exact) mass is 422 g/mol. The Morgan fingerprint density at radius 2 is 1.42 bits per heavy atom. The number of hydrogen-bond acceptors (Lipinski definition) is 3. The molecule has 1 heterocycles. The van der Waals surface area contributed by atoms with Crippen LogP contribution in [0.25, 0.3) is 0 Å². The Kier molecular flexibility index (Phi) is 7.72. The summed E-state index contributed by atoms with van der Waals surface area (Å²) in [6, 6.07) is 12.4. The van der Waals surface area contributed by atoms with Crippen molar-refractivity contribution in [2.45, 2.75) is 47.0 Å². The quantitative estimate of drug-likeness (QED) is 0.707. The van der Waals surface area contributed by atoms with E-state index >= 15 is 0 Å². The van der Waals surface area contributed by atoms with Gasteiger partial charge in [0.25, 0.3) is 5.91 Å². The van der Waals surface area contributed by atoms with Crippen LogP contribution in [0.15, 0.2) is 36.4 Å². The van der Waals surface area contributed by atoms with Gasteiger partial charge in [0.2, 0.25) is 5.91 Å². The lowest BCUT2D eigenvalue weighted by Gasteiger charge is -2.23. The molecule has 0 spiro atoms. The summed E-state index contributed by atoms with van der Waals surface area (Å²) >= 11 is 0. The molecule has 2 amide bonds. The molecular formula is C26H34N2O3. The number of carbonyl (C=O) groups is 2. The van der Waals surface area contributed by atoms with Crippen LogP contribution in [-0.4, -0.2) is 54.4 Å². The Morgan fingerprint density at radius 1 is 0.806 bits per heavy atom. The zero-order chi connectivity index (χ0) is 22.4. The Bertz CT molecular complexity index is 921. The Labute approximate surface area is 186 Å². The molecule has 1 aliphatic rings. The Balaban J connectivity index is 1.48. The molecule has 5 heteroatoms. The van der Waals surface area contributed by atoms with Crippen LogP contribution in [0.5, 0.6) is 5.75 Å². The van der Waals surface area contributed by atoms with Crippen LogP contribution in [0.2, 0.25) is 0 Å². The van der Waals surface area contributed by atoms with Crippen LogP contribution in [0.3, 0.4) is 0 Å². The van der Waals surface area contributed by atoms with E-state index in [0.29, 0.717) is 32.6 Å². The lowest BCUT2D eigenvalue weighted by Crippen LogP contribution is -2.39. The van der Waals surface area contributed by atoms with E-state index in [2.05, 4.69) is 37.3 Å². The van der Waals surface area contributed by atoms with Crippen LogP contribution >= 0.6 is 0 Å². The van der Waals surface area contributed by atoms with Crippen molar-refractivity contribution >= 4 is 11.8 Å². The molecule has 1 fully saturated rings. The first-order chi connectivity index (χ1) is 14.8. The normalized spacial score (nSPS) is 14.3. The number of hydrogen-bond donors (Lipinski definition) is 0. The molecule has 166 valence electrons. The number of amides is 2. The van der Waals surface area contributed by atoms with Crippen molar-refractivity contribution in [3.63, 3.8) is 0 Å². The average molecular weight is 423 g/mol. The third kappa shape index (κ3) is 6.09. The fraction of sp³-hybridized carbons (Fsp3) is 0.462. The number of rotatable bonds is 6. The van der Waals surface area contributed by atoms with Gasteiger partial charge in [0, 0.05) is 32.6 Å². The van der Waals surface area contributed by atoms with Gasteiger partial charge in [-0.15, -0.1) is 0 Å². The maximum atomic E-state index is 12.7. The molecule has 0 atom stereocenters. The minimum Gasteiger partial charge on any atom is -0.483 e. The molecule has 3 rings (SSSR count). The first kappa shape index (κ1) is 22.9. The molecule has 0 aromatic heterocycles. The molecule has 31 heavy (non-hydrogen) atoms. The maximum Gasteiger partial charge on any atom is 0.260 e. The summed E-state index contributed by atoms with van der Waals surface area (Å²) in [5, 5.41) is 0. The standard InChI is InChI=1S/C26H34N2O3/c1-19-6-10-23(11-7-19)12-13-24(29)27-14-5-15-28(17-16-27)25(30)18-31-26-21(3)9-8-20(2)22(26)4/h6-11H,5,12-18H2,1-4H3. The summed E-state index contributed by atoms with van der Waals surface area (Å²) in [6.07, 6.45) is 2.05. The second-order valence-corrected chi connectivity index (χ2v) is 8.54. The number of ether oxygens (including phenoxy) is 1. The van der Waals surface area contributed by atoms with Gasteiger partial charge in [-0.1, -0.05) is 42.0 Å². The Hall–Kier alpha value is -2.82. The zero-order valence-corrected chi connectivity index (χ0v) is 19.2. The second-order valence-electron chi connectivity index (χ2n) is 8.54. The van der Waals surface area contributed by atoms with E-state index in [1.54, 1.807) is 0 Å². The van der Waals surface area contributed by atoms with Crippen molar-refractivity contribution in [3.05, 3.63) is 64.2 Å². The fourth-order valence-corrected chi connectivity index (χ4v) is 3.95. The van der Waals surface area contributed by atoms with Gasteiger partial charge in [-0.05, 0) is 62.8 Å². The second kappa shape index (κ2) is 10.5. The minimum absolute atomic E-state index is 0.0192. The summed E-state index contributed by atoms with van der Waals surface area (Å²) < 4.78 is 5.90. The van der Waals surface area contributed by atoms with Gasteiger partial charge in [0.15, 0.2) is 6.61 Å². The first-order valence-electron chi connectivity index (χ1n) is 11.2. The van der Waals surface area contributed by atoms with E-state index in [1.807, 2.05) is 36.6 Å². The smallest absolute Gasteiger partial charge is 0.260 e. The fourth-order valence-electron chi connectivity index (χ4n) is 3.95. The van der Waals surface area contributed by atoms with Gasteiger partial charge < -0.3 is 14.5 Å². The summed E-state index contributed by atoms with van der Waals surface area (Å²) in [6.45, 7) is 10.7. The van der Waals surface area contributed by atoms with Crippen LogP contribution < -0.4 is 4.74 Å². The highest BCUT2D eigenvalue weighted by Crippen LogP contribution is 2.25. The molecule has 0 aliphatic carbocycles. The maximum absolute atomic E-state index is 12.7. The van der Waals surface area contributed by atoms with Gasteiger partial charge in [-0.2, -0.15) is 0 Å². The van der Waals surface area contributed by atoms with Crippen molar-refractivity contribution in [3.8, 4) is 5.75 Å². The molecular weight excluding hydrogens is 388 g/mol. The van der Waals surface area contributed by atoms with Gasteiger partial charge >= 0.3 is 0 Å². The Morgan fingerprint density at radius 3 is 2.10 bits per heavy atom. The van der Waals surface area contributed by atoms with Crippen molar-refractivity contribution in [1.82, 2.24) is 9.80 Å². The molecule has 1 saturated heterocycles. The highest BCUT2D eigenvalue weighted by Gasteiger charge is 2.22. The van der Waals surface area contributed by atoms with Gasteiger partial charge in [-0.3, -0.25) is 9.59 Å². The van der Waals surface area contributed by atoms with Gasteiger partial charge in [0.05, 0.1) is 0 Å². The topological polar surface area (TPSA) is 49.9 Å². The molecule has 5 nitrogen and oxygen atoms in total. The number of nitrogens with zero attached hydrogens (tertiary/aromatic N) is 2. The highest BCUT2D eigenvalue weighted by molar-refractivity contribution is 5.79. The number of carbonyl (C=O) groups excluding carboxylic acids is 2. The lowest BCUT2D eigenvalue weighted by molar-refractivity contribution is -0.134. The van der Waals surface area contributed by atoms with Crippen LogP contribution in [0.1, 0.15) is 40.7 Å². The predicted octanol–water partition coefficient (Wildman–Crippen LogP) is 3.99. The molecule has 1 aliphatic heterocycles. The van der Waals surface area contributed by atoms with Crippen molar-refractivity contribution < 1.29 is 14.3 Å². The molecule has 0 bridgehead atoms. The van der Waals surface area contributed by atoms with E-state index in [0.717, 1.165) is 35.3 Å². The van der Waals surface area contributed by atoms with E-state index < -0.39 is 0 Å². The van der Waals surface area contributed by atoms with Crippen molar-refractivity contribution in [2.75, 3.05) is 32.8 Å². The third-order valence-corrected chi connectivity index (χ3v) is 6.16. The highest BCUT2D eigenvalue weighted by atomic mass is 16.5. The molecule has 0 N–H and O–H groups in total. The van der Waals surface area contributed by atoms with Crippen LogP contribution in [0.4, 0.5) is 0 Å². The largest absolute Gasteiger partial charge is 0.483 e. The number of benzene rings is 2. The van der Waals surface area contributed by atoms with Crippen LogP contribution in [0, 0.1) is 27.7 Å². The van der Waals surface area contributed by atoms with Crippen molar-refractivity contribution in [1.29, 1.82) is 0 Å². The van der Waals surface area contributed by atoms with Crippen LogP contribution in [-0.2, 0) is 16.0 Å². The van der Waals surface area contributed by atoms with Gasteiger partial charge in [0.1, 0.15) is 5.75 Å². The van der Waals surface area contributed by atoms with E-state index in [-0.39, 0.29) is 18.4 Å². The average Bonchev–Trinajstić information content (AvgIpc) is 3.02. The summed E-state index contributed by atoms with van der Waals surface area (Å²) in [7, 11) is 0. The molecule has 0 radical (unpaired) electrons. The molecule has 2 aromatic carbocycles. The third-order valence-electron chi connectivity index (χ3n) is 6.16.